The van der Waals surface area contributed by atoms with E-state index in [2.05, 4.69) is 10.3 Å². The summed E-state index contributed by atoms with van der Waals surface area (Å²) in [6.07, 6.45) is -3.87. The van der Waals surface area contributed by atoms with Crippen LogP contribution < -0.4 is 15.2 Å². The van der Waals surface area contributed by atoms with Crippen LogP contribution in [0.3, 0.4) is 0 Å². The van der Waals surface area contributed by atoms with E-state index in [9.17, 15) is 18.0 Å². The molecule has 11 heteroatoms. The lowest BCUT2D eigenvalue weighted by atomic mass is 10.3. The summed E-state index contributed by atoms with van der Waals surface area (Å²) in [4.78, 5) is 21.9. The first-order valence-corrected chi connectivity index (χ1v) is 9.51. The zero-order valence-electron chi connectivity index (χ0n) is 14.3. The molecule has 0 aliphatic heterocycles. The lowest BCUT2D eigenvalue weighted by molar-refractivity contribution is -0.137. The van der Waals surface area contributed by atoms with Crippen molar-refractivity contribution in [2.45, 2.75) is 6.18 Å². The molecule has 5 nitrogen and oxygen atoms in total. The van der Waals surface area contributed by atoms with Crippen LogP contribution in [0.2, 0.25) is 4.34 Å². The second-order valence-electron chi connectivity index (χ2n) is 5.47. The number of thiocarbonyl (C=S) groups is 1. The van der Waals surface area contributed by atoms with Crippen LogP contribution in [0.4, 0.5) is 18.9 Å². The number of halogens is 4. The number of hydroxylamine groups is 1. The van der Waals surface area contributed by atoms with Crippen LogP contribution in [0, 0.1) is 0 Å². The number of pyridine rings is 1. The normalized spacial score (nSPS) is 11.0. The van der Waals surface area contributed by atoms with E-state index in [1.54, 1.807) is 36.4 Å². The van der Waals surface area contributed by atoms with E-state index < -0.39 is 17.6 Å². The molecule has 0 atom stereocenters. The Labute approximate surface area is 177 Å². The highest BCUT2D eigenvalue weighted by Gasteiger charge is 2.31. The van der Waals surface area contributed by atoms with E-state index in [1.165, 1.54) is 6.07 Å². The molecule has 1 amide bonds. The molecule has 150 valence electrons. The van der Waals surface area contributed by atoms with Crippen molar-refractivity contribution in [3.63, 3.8) is 0 Å². The average molecular weight is 458 g/mol. The summed E-state index contributed by atoms with van der Waals surface area (Å²) in [5.74, 6) is -0.644. The van der Waals surface area contributed by atoms with Gasteiger partial charge in [0.1, 0.15) is 0 Å². The summed E-state index contributed by atoms with van der Waals surface area (Å²) >= 11 is 12.2. The van der Waals surface area contributed by atoms with Crippen LogP contribution in [0.1, 0.15) is 15.2 Å². The van der Waals surface area contributed by atoms with Crippen LogP contribution in [0.5, 0.6) is 5.88 Å². The smallest absolute Gasteiger partial charge is 0.352 e. The molecule has 0 saturated heterocycles. The fourth-order valence-corrected chi connectivity index (χ4v) is 3.29. The molecule has 0 fully saturated rings. The van der Waals surface area contributed by atoms with Gasteiger partial charge in [-0.2, -0.15) is 13.2 Å². The summed E-state index contributed by atoms with van der Waals surface area (Å²) in [6.45, 7) is 0. The Hall–Kier alpha value is -2.69. The highest BCUT2D eigenvalue weighted by molar-refractivity contribution is 7.80. The predicted octanol–water partition coefficient (Wildman–Crippen LogP) is 5.33. The Morgan fingerprint density at radius 3 is 2.41 bits per heavy atom. The molecule has 1 aromatic carbocycles. The number of para-hydroxylation sites is 1. The van der Waals surface area contributed by atoms with E-state index in [4.69, 9.17) is 28.7 Å². The average Bonchev–Trinajstić information content (AvgIpc) is 3.13. The number of alkyl halides is 3. The Balaban J connectivity index is 1.81. The third-order valence-electron chi connectivity index (χ3n) is 3.44. The number of benzene rings is 1. The van der Waals surface area contributed by atoms with Crippen molar-refractivity contribution >= 4 is 51.9 Å². The number of nitrogens with zero attached hydrogens (tertiary/aromatic N) is 2. The van der Waals surface area contributed by atoms with Gasteiger partial charge in [0.05, 0.1) is 20.5 Å². The lowest BCUT2D eigenvalue weighted by Crippen LogP contribution is -2.44. The molecule has 0 unspecified atom stereocenters. The third-order valence-corrected chi connectivity index (χ3v) is 4.94. The number of thiophene rings is 1. The molecule has 0 aliphatic rings. The summed E-state index contributed by atoms with van der Waals surface area (Å²) in [5.41, 5.74) is -0.481. The number of amides is 1. The van der Waals surface area contributed by atoms with Gasteiger partial charge in [-0.05, 0) is 42.5 Å². The third kappa shape index (κ3) is 5.43. The molecule has 0 saturated carbocycles. The molecule has 1 N–H and O–H groups in total. The lowest BCUT2D eigenvalue weighted by Gasteiger charge is -2.24. The summed E-state index contributed by atoms with van der Waals surface area (Å²) in [6, 6.07) is 13.5. The van der Waals surface area contributed by atoms with Gasteiger partial charge >= 0.3 is 6.18 Å². The first-order valence-electron chi connectivity index (χ1n) is 7.91. The summed E-state index contributed by atoms with van der Waals surface area (Å²) in [5, 5.41) is 3.45. The maximum Gasteiger partial charge on any atom is 0.417 e. The van der Waals surface area contributed by atoms with E-state index in [-0.39, 0.29) is 11.0 Å². The molecule has 0 aliphatic carbocycles. The maximum atomic E-state index is 12.7. The number of carbonyl (C=O) groups excluding carboxylic acids is 1. The zero-order chi connectivity index (χ0) is 21.0. The van der Waals surface area contributed by atoms with Crippen molar-refractivity contribution in [2.24, 2.45) is 0 Å². The van der Waals surface area contributed by atoms with Gasteiger partial charge in [-0.25, -0.2) is 4.98 Å². The number of carbonyl (C=O) groups is 1. The molecular formula is C18H11ClF3N3O2S2. The quantitative estimate of drug-likeness (QED) is 0.424. The van der Waals surface area contributed by atoms with Gasteiger partial charge in [-0.1, -0.05) is 29.8 Å². The Morgan fingerprint density at radius 1 is 1.14 bits per heavy atom. The van der Waals surface area contributed by atoms with Crippen molar-refractivity contribution in [3.05, 3.63) is 75.6 Å². The first-order chi connectivity index (χ1) is 13.7. The second-order valence-corrected chi connectivity index (χ2v) is 7.57. The van der Waals surface area contributed by atoms with Crippen LogP contribution in [-0.4, -0.2) is 16.0 Å². The fourth-order valence-electron chi connectivity index (χ4n) is 2.12. The first kappa shape index (κ1) is 21.0. The number of aromatic nitrogens is 1. The summed E-state index contributed by atoms with van der Waals surface area (Å²) in [7, 11) is 0. The molecule has 2 heterocycles. The molecule has 29 heavy (non-hydrogen) atoms. The van der Waals surface area contributed by atoms with Crippen molar-refractivity contribution in [2.75, 3.05) is 5.06 Å². The van der Waals surface area contributed by atoms with Gasteiger partial charge in [-0.3, -0.25) is 10.1 Å². The molecule has 2 aromatic heterocycles. The van der Waals surface area contributed by atoms with Crippen LogP contribution >= 0.6 is 35.2 Å². The van der Waals surface area contributed by atoms with Gasteiger partial charge in [0.2, 0.25) is 11.0 Å². The van der Waals surface area contributed by atoms with Gasteiger partial charge in [-0.15, -0.1) is 16.4 Å². The standard InChI is InChI=1S/C18H11ClF3N3O2S2/c19-14-8-7-13(29-14)16(26)24-17(28)25(12-4-2-1-3-5-12)27-15-9-6-11(10-23-15)18(20,21)22/h1-10H,(H,24,26,28). The molecule has 0 radical (unpaired) electrons. The Kier molecular flexibility index (Phi) is 6.36. The molecule has 3 rings (SSSR count). The van der Waals surface area contributed by atoms with Gasteiger partial charge < -0.3 is 4.84 Å². The maximum absolute atomic E-state index is 12.7. The monoisotopic (exact) mass is 457 g/mol. The SMILES string of the molecule is O=C(NC(=S)N(Oc1ccc(C(F)(F)F)cn1)c1ccccc1)c1ccc(Cl)s1. The molecule has 3 aromatic rings. The largest absolute Gasteiger partial charge is 0.417 e. The zero-order valence-corrected chi connectivity index (χ0v) is 16.7. The van der Waals surface area contributed by atoms with Crippen LogP contribution in [-0.2, 0) is 6.18 Å². The summed E-state index contributed by atoms with van der Waals surface area (Å²) < 4.78 is 38.6. The van der Waals surface area contributed by atoms with Gasteiger partial charge in [0, 0.05) is 12.3 Å². The Bertz CT molecular complexity index is 1010. The fraction of sp³-hybridized carbons (Fsp3) is 0.0556. The Morgan fingerprint density at radius 2 is 1.86 bits per heavy atom. The van der Waals surface area contributed by atoms with Crippen molar-refractivity contribution < 1.29 is 22.8 Å². The van der Waals surface area contributed by atoms with Crippen LogP contribution in [0.25, 0.3) is 0 Å². The topological polar surface area (TPSA) is 54.5 Å². The number of hydrogen-bond acceptors (Lipinski definition) is 5. The minimum Gasteiger partial charge on any atom is -0.352 e. The van der Waals surface area contributed by atoms with E-state index in [0.717, 1.165) is 28.5 Å². The predicted molar refractivity (Wildman–Crippen MR) is 108 cm³/mol. The van der Waals surface area contributed by atoms with Gasteiger partial charge in [0.15, 0.2) is 0 Å². The van der Waals surface area contributed by atoms with Crippen molar-refractivity contribution in [3.8, 4) is 5.88 Å². The van der Waals surface area contributed by atoms with E-state index in [1.807, 2.05) is 0 Å². The number of nitrogens with one attached hydrogen (secondary N) is 1. The highest BCUT2D eigenvalue weighted by Crippen LogP contribution is 2.29. The molecule has 0 bridgehead atoms. The molecular weight excluding hydrogens is 447 g/mol. The number of anilines is 1. The minimum absolute atomic E-state index is 0.132. The van der Waals surface area contributed by atoms with Crippen LogP contribution in [0.15, 0.2) is 60.8 Å². The number of rotatable bonds is 4. The van der Waals surface area contributed by atoms with Crippen molar-refractivity contribution in [1.82, 2.24) is 10.3 Å². The van der Waals surface area contributed by atoms with Gasteiger partial charge in [0.25, 0.3) is 5.91 Å². The van der Waals surface area contributed by atoms with Crippen molar-refractivity contribution in [1.29, 1.82) is 0 Å². The second kappa shape index (κ2) is 8.76. The minimum atomic E-state index is -4.52. The van der Waals surface area contributed by atoms with E-state index >= 15 is 0 Å². The number of hydrogen-bond donors (Lipinski definition) is 1. The molecule has 0 spiro atoms. The highest BCUT2D eigenvalue weighted by atomic mass is 35.5. The van der Waals surface area contributed by atoms with E-state index in [0.29, 0.717) is 21.1 Å².